The van der Waals surface area contributed by atoms with E-state index >= 15 is 0 Å². The number of thioether (sulfide) groups is 1. The van der Waals surface area contributed by atoms with Gasteiger partial charge in [-0.25, -0.2) is 4.99 Å². The molecule has 1 fully saturated rings. The van der Waals surface area contributed by atoms with Crippen LogP contribution >= 0.6 is 23.4 Å². The van der Waals surface area contributed by atoms with E-state index in [1.54, 1.807) is 12.1 Å². The van der Waals surface area contributed by atoms with Gasteiger partial charge in [0.1, 0.15) is 4.75 Å². The van der Waals surface area contributed by atoms with Crippen LogP contribution in [0.15, 0.2) is 89.9 Å². The van der Waals surface area contributed by atoms with E-state index in [4.69, 9.17) is 16.6 Å². The molecule has 1 heterocycles. The van der Waals surface area contributed by atoms with Crippen molar-refractivity contribution < 1.29 is 4.79 Å². The summed E-state index contributed by atoms with van der Waals surface area (Å²) in [7, 11) is 0. The van der Waals surface area contributed by atoms with Crippen molar-refractivity contribution >= 4 is 45.8 Å². The Bertz CT molecular complexity index is 1010. The van der Waals surface area contributed by atoms with Gasteiger partial charge >= 0.3 is 0 Å². The fourth-order valence-corrected chi connectivity index (χ4v) is 4.24. The van der Waals surface area contributed by atoms with Gasteiger partial charge in [0.15, 0.2) is 5.17 Å². The van der Waals surface area contributed by atoms with E-state index in [1.807, 2.05) is 79.7 Å². The van der Waals surface area contributed by atoms with Crippen molar-refractivity contribution in [1.82, 2.24) is 5.01 Å². The molecule has 1 atom stereocenters. The molecule has 28 heavy (non-hydrogen) atoms. The molecule has 1 aliphatic heterocycles. The lowest BCUT2D eigenvalue weighted by Gasteiger charge is -2.22. The van der Waals surface area contributed by atoms with Crippen molar-refractivity contribution in [3.8, 4) is 0 Å². The van der Waals surface area contributed by atoms with Gasteiger partial charge in [-0.15, -0.1) is 0 Å². The first-order valence-corrected chi connectivity index (χ1v) is 10.0. The maximum absolute atomic E-state index is 13.4. The topological polar surface area (TPSA) is 44.7 Å². The smallest absolute Gasteiger partial charge is 0.268 e. The minimum atomic E-state index is -0.770. The Hall–Kier alpha value is -2.76. The zero-order chi connectivity index (χ0) is 19.6. The Morgan fingerprint density at radius 1 is 0.929 bits per heavy atom. The minimum absolute atomic E-state index is 0.0692. The van der Waals surface area contributed by atoms with Crippen molar-refractivity contribution in [3.63, 3.8) is 0 Å². The highest BCUT2D eigenvalue weighted by Gasteiger charge is 2.49. The first kappa shape index (κ1) is 18.6. The van der Waals surface area contributed by atoms with Crippen molar-refractivity contribution in [3.05, 3.63) is 95.5 Å². The van der Waals surface area contributed by atoms with Crippen LogP contribution in [0.4, 0.5) is 11.4 Å². The molecule has 0 saturated carbocycles. The van der Waals surface area contributed by atoms with Gasteiger partial charge in [-0.2, -0.15) is 5.01 Å². The molecule has 0 bridgehead atoms. The maximum Gasteiger partial charge on any atom is 0.268 e. The summed E-state index contributed by atoms with van der Waals surface area (Å²) in [5.74, 6) is -0.0692. The molecule has 140 valence electrons. The molecule has 0 aliphatic carbocycles. The van der Waals surface area contributed by atoms with Crippen molar-refractivity contribution in [2.45, 2.75) is 11.7 Å². The molecule has 1 amide bonds. The summed E-state index contributed by atoms with van der Waals surface area (Å²) < 4.78 is -0.770. The average Bonchev–Trinajstić information content (AvgIpc) is 2.96. The van der Waals surface area contributed by atoms with Gasteiger partial charge in [-0.1, -0.05) is 71.9 Å². The molecule has 4 rings (SSSR count). The molecule has 4 nitrogen and oxygen atoms in total. The molecule has 1 aliphatic rings. The number of hydrogen-bond donors (Lipinski definition) is 1. The number of aliphatic imine (C=N–C) groups is 1. The third-order valence-corrected chi connectivity index (χ3v) is 6.02. The number of nitrogens with one attached hydrogen (secondary N) is 1. The maximum atomic E-state index is 13.4. The van der Waals surface area contributed by atoms with Gasteiger partial charge in [0, 0.05) is 5.02 Å². The summed E-state index contributed by atoms with van der Waals surface area (Å²) in [6.07, 6.45) is 0. The van der Waals surface area contributed by atoms with Crippen molar-refractivity contribution in [1.29, 1.82) is 0 Å². The van der Waals surface area contributed by atoms with Crippen LogP contribution in [0.2, 0.25) is 5.02 Å². The number of carbonyl (C=O) groups is 1. The molecule has 1 unspecified atom stereocenters. The van der Waals surface area contributed by atoms with Crippen LogP contribution in [-0.4, -0.2) is 16.1 Å². The Balaban J connectivity index is 1.75. The average molecular weight is 408 g/mol. The van der Waals surface area contributed by atoms with E-state index in [2.05, 4.69) is 5.43 Å². The molecular weight excluding hydrogens is 390 g/mol. The number of hydrogen-bond acceptors (Lipinski definition) is 4. The Morgan fingerprint density at radius 2 is 1.54 bits per heavy atom. The number of amidine groups is 1. The van der Waals surface area contributed by atoms with Crippen molar-refractivity contribution in [2.75, 3.05) is 5.43 Å². The summed E-state index contributed by atoms with van der Waals surface area (Å²) in [6, 6.07) is 26.6. The second-order valence-electron chi connectivity index (χ2n) is 6.49. The van der Waals surface area contributed by atoms with Gasteiger partial charge in [-0.05, 0) is 48.9 Å². The fraction of sp³-hybridized carbons (Fsp3) is 0.0909. The third kappa shape index (κ3) is 3.63. The highest BCUT2D eigenvalue weighted by Crippen LogP contribution is 2.46. The quantitative estimate of drug-likeness (QED) is 0.590. The van der Waals surface area contributed by atoms with E-state index in [0.29, 0.717) is 10.2 Å². The molecule has 0 aromatic heterocycles. The predicted molar refractivity (Wildman–Crippen MR) is 117 cm³/mol. The number of nitrogens with zero attached hydrogens (tertiary/aromatic N) is 2. The molecule has 3 aromatic carbocycles. The number of benzene rings is 3. The molecule has 3 aromatic rings. The SMILES string of the molecule is CC1(c2ccccc2)SC(=Nc2ccc(Cl)cc2)N(Nc2ccccc2)C1=O. The van der Waals surface area contributed by atoms with Crippen LogP contribution in [0.5, 0.6) is 0 Å². The van der Waals surface area contributed by atoms with E-state index in [-0.39, 0.29) is 5.91 Å². The van der Waals surface area contributed by atoms with Crippen LogP contribution in [0.25, 0.3) is 0 Å². The van der Waals surface area contributed by atoms with Crippen LogP contribution < -0.4 is 5.43 Å². The number of carbonyl (C=O) groups excluding carboxylic acids is 1. The molecular formula is C22H18ClN3OS. The van der Waals surface area contributed by atoms with E-state index in [1.165, 1.54) is 16.8 Å². The summed E-state index contributed by atoms with van der Waals surface area (Å²) in [5, 5.41) is 2.76. The number of amides is 1. The second-order valence-corrected chi connectivity index (χ2v) is 8.31. The zero-order valence-electron chi connectivity index (χ0n) is 15.2. The zero-order valence-corrected chi connectivity index (χ0v) is 16.7. The van der Waals surface area contributed by atoms with Gasteiger partial charge in [0.2, 0.25) is 0 Å². The highest BCUT2D eigenvalue weighted by molar-refractivity contribution is 8.15. The van der Waals surface area contributed by atoms with Gasteiger partial charge in [-0.3, -0.25) is 10.2 Å². The fourth-order valence-electron chi connectivity index (χ4n) is 2.95. The number of rotatable bonds is 4. The standard InChI is InChI=1S/C22H18ClN3OS/c1-22(16-8-4-2-5-9-16)20(27)26(25-19-10-6-3-7-11-19)21(28-22)24-18-14-12-17(23)13-15-18/h2-15,25H,1H3. The first-order valence-electron chi connectivity index (χ1n) is 8.81. The molecule has 0 radical (unpaired) electrons. The van der Waals surface area contributed by atoms with Crippen LogP contribution in [0, 0.1) is 0 Å². The number of anilines is 1. The number of para-hydroxylation sites is 1. The highest BCUT2D eigenvalue weighted by atomic mass is 35.5. The summed E-state index contributed by atoms with van der Waals surface area (Å²) >= 11 is 7.41. The Kier molecular flexibility index (Phi) is 5.11. The summed E-state index contributed by atoms with van der Waals surface area (Å²) in [5.41, 5.74) is 5.69. The third-order valence-electron chi connectivity index (χ3n) is 4.49. The second kappa shape index (κ2) is 7.70. The monoisotopic (exact) mass is 407 g/mol. The first-order chi connectivity index (χ1) is 13.6. The summed E-state index contributed by atoms with van der Waals surface area (Å²) in [6.45, 7) is 1.93. The van der Waals surface area contributed by atoms with E-state index in [9.17, 15) is 4.79 Å². The molecule has 0 spiro atoms. The molecule has 6 heteroatoms. The van der Waals surface area contributed by atoms with Crippen LogP contribution in [0.3, 0.4) is 0 Å². The molecule has 1 saturated heterocycles. The van der Waals surface area contributed by atoms with Crippen LogP contribution in [0.1, 0.15) is 12.5 Å². The lowest BCUT2D eigenvalue weighted by atomic mass is 9.99. The van der Waals surface area contributed by atoms with E-state index < -0.39 is 4.75 Å². The largest absolute Gasteiger partial charge is 0.289 e. The normalized spacial score (nSPS) is 20.6. The van der Waals surface area contributed by atoms with E-state index in [0.717, 1.165) is 16.9 Å². The van der Waals surface area contributed by atoms with Crippen LogP contribution in [-0.2, 0) is 9.54 Å². The van der Waals surface area contributed by atoms with Gasteiger partial charge in [0.25, 0.3) is 5.91 Å². The number of halogens is 1. The van der Waals surface area contributed by atoms with Crippen molar-refractivity contribution in [2.24, 2.45) is 4.99 Å². The number of hydrazine groups is 1. The predicted octanol–water partition coefficient (Wildman–Crippen LogP) is 5.85. The Morgan fingerprint density at radius 3 is 2.18 bits per heavy atom. The van der Waals surface area contributed by atoms with Gasteiger partial charge < -0.3 is 0 Å². The Labute approximate surface area is 173 Å². The van der Waals surface area contributed by atoms with Gasteiger partial charge in [0.05, 0.1) is 11.4 Å². The minimum Gasteiger partial charge on any atom is -0.289 e. The molecule has 1 N–H and O–H groups in total. The summed E-state index contributed by atoms with van der Waals surface area (Å²) in [4.78, 5) is 18.1. The lowest BCUT2D eigenvalue weighted by Crippen LogP contribution is -2.40. The lowest BCUT2D eigenvalue weighted by molar-refractivity contribution is -0.128.